The van der Waals surface area contributed by atoms with Crippen molar-refractivity contribution >= 4 is 46.4 Å². The van der Waals surface area contributed by atoms with Crippen LogP contribution in [0.25, 0.3) is 10.9 Å². The third-order valence-electron chi connectivity index (χ3n) is 17.6. The Morgan fingerprint density at radius 2 is 1.63 bits per heavy atom. The van der Waals surface area contributed by atoms with Gasteiger partial charge in [-0.1, -0.05) is 86.2 Å². The van der Waals surface area contributed by atoms with Gasteiger partial charge in [-0.2, -0.15) is 0 Å². The van der Waals surface area contributed by atoms with Gasteiger partial charge in [0.15, 0.2) is 6.10 Å². The Labute approximate surface area is 426 Å². The number of hydrogen-bond acceptors (Lipinski definition) is 14. The molecule has 0 radical (unpaired) electrons. The second kappa shape index (κ2) is 18.8. The van der Waals surface area contributed by atoms with Gasteiger partial charge in [0.05, 0.1) is 40.4 Å². The van der Waals surface area contributed by atoms with Crippen molar-refractivity contribution in [3.63, 3.8) is 0 Å². The Bertz CT molecular complexity index is 2930. The summed E-state index contributed by atoms with van der Waals surface area (Å²) < 4.78 is 29.9. The van der Waals surface area contributed by atoms with Crippen LogP contribution < -0.4 is 15.0 Å². The van der Waals surface area contributed by atoms with Gasteiger partial charge in [0.1, 0.15) is 17.2 Å². The molecule has 386 valence electrons. The Kier molecular flexibility index (Phi) is 12.9. The number of hydrogen-bond donors (Lipinski definition) is 3. The van der Waals surface area contributed by atoms with Crippen LogP contribution >= 0.6 is 0 Å². The normalized spacial score (nSPS) is 32.0. The Morgan fingerprint density at radius 1 is 0.890 bits per heavy atom. The molecule has 1 amide bonds. The summed E-state index contributed by atoms with van der Waals surface area (Å²) in [5, 5.41) is 17.4. The van der Waals surface area contributed by atoms with E-state index in [2.05, 4.69) is 33.1 Å². The molecule has 1 spiro atoms. The average molecular weight is 998 g/mol. The van der Waals surface area contributed by atoms with Crippen LogP contribution in [0.15, 0.2) is 90.5 Å². The fourth-order valence-corrected chi connectivity index (χ4v) is 14.9. The molecule has 6 aliphatic rings. The zero-order chi connectivity index (χ0) is 51.8. The molecule has 73 heavy (non-hydrogen) atoms. The number of ether oxygens (including phenoxy) is 5. The van der Waals surface area contributed by atoms with Crippen molar-refractivity contribution < 1.29 is 52.8 Å². The molecular formula is C57H67N5O11. The van der Waals surface area contributed by atoms with Crippen molar-refractivity contribution in [3.8, 4) is 5.75 Å². The SMILES string of the molecule is CCC1=C[C@@H]2CN(C1)[C@H](C(=O)NCc1ccccc1)[C@H](C(=O)OC)Cc1c([nH]c3ccccc13)[C@@](C(=O)OC)(c1cc3c(cc1OC)N(C)[C@H]1[C@@](O)(C(=O)OC)[C@H](OC(C)=O)[C@]4(CC)C=CCN5CC[C@]31[C@@H]54)C2. The smallest absolute Gasteiger partial charge is 0.344 e. The van der Waals surface area contributed by atoms with Gasteiger partial charge in [0.2, 0.25) is 11.5 Å². The van der Waals surface area contributed by atoms with Gasteiger partial charge in [-0.05, 0) is 73.4 Å². The summed E-state index contributed by atoms with van der Waals surface area (Å²) in [4.78, 5) is 83.3. The minimum atomic E-state index is -2.38. The molecule has 16 nitrogen and oxygen atoms in total. The summed E-state index contributed by atoms with van der Waals surface area (Å²) in [5.41, 5.74) is -0.404. The summed E-state index contributed by atoms with van der Waals surface area (Å²) in [6.07, 6.45) is 6.64. The Hall–Kier alpha value is -6.49. The molecular weight excluding hydrogens is 931 g/mol. The first kappa shape index (κ1) is 50.1. The highest BCUT2D eigenvalue weighted by atomic mass is 16.6. The van der Waals surface area contributed by atoms with Crippen LogP contribution in [0.2, 0.25) is 0 Å². The molecule has 10 rings (SSSR count). The molecule has 16 heteroatoms. The zero-order valence-corrected chi connectivity index (χ0v) is 43.0. The molecule has 11 atom stereocenters. The van der Waals surface area contributed by atoms with Gasteiger partial charge in [-0.15, -0.1) is 0 Å². The Balaban J connectivity index is 1.25. The molecule has 6 heterocycles. The number of nitrogens with zero attached hydrogens (tertiary/aromatic N) is 3. The number of likely N-dealkylation sites (N-methyl/N-ethyl adjacent to an activating group) is 1. The van der Waals surface area contributed by atoms with Crippen molar-refractivity contribution in [2.75, 3.05) is 66.6 Å². The third kappa shape index (κ3) is 7.28. The summed E-state index contributed by atoms with van der Waals surface area (Å²) in [6, 6.07) is 18.9. The minimum absolute atomic E-state index is 0.00855. The number of nitrogens with one attached hydrogen (secondary N) is 2. The molecule has 1 saturated heterocycles. The second-order valence-electron chi connectivity index (χ2n) is 20.9. The first-order valence-electron chi connectivity index (χ1n) is 25.5. The Morgan fingerprint density at radius 3 is 2.32 bits per heavy atom. The molecule has 1 aliphatic carbocycles. The quantitative estimate of drug-likeness (QED) is 0.100. The largest absolute Gasteiger partial charge is 0.496 e. The lowest BCUT2D eigenvalue weighted by Gasteiger charge is -2.63. The highest BCUT2D eigenvalue weighted by molar-refractivity contribution is 5.96. The highest BCUT2D eigenvalue weighted by Crippen LogP contribution is 2.68. The predicted octanol–water partition coefficient (Wildman–Crippen LogP) is 5.27. The fraction of sp³-hybridized carbons (Fsp3) is 0.491. The van der Waals surface area contributed by atoms with Crippen molar-refractivity contribution in [2.24, 2.45) is 17.3 Å². The average Bonchev–Trinajstić information content (AvgIpc) is 4.06. The van der Waals surface area contributed by atoms with Crippen LogP contribution in [-0.2, 0) is 66.7 Å². The number of rotatable bonds is 11. The number of aromatic nitrogens is 1. The fourth-order valence-electron chi connectivity index (χ4n) is 14.9. The molecule has 1 aromatic heterocycles. The second-order valence-corrected chi connectivity index (χ2v) is 20.9. The van der Waals surface area contributed by atoms with E-state index in [1.54, 1.807) is 7.11 Å². The summed E-state index contributed by atoms with van der Waals surface area (Å²) in [6.45, 7) is 7.50. The number of amides is 1. The topological polar surface area (TPSA) is 189 Å². The number of anilines is 1. The molecule has 2 bridgehead atoms. The standard InChI is InChI=1S/C57H67N5O11/c1-9-34-25-36-29-56(52(66)71-7,46-38(37-19-14-15-20-42(37)59-46)26-39(48(65)70-6)45(62(31-34)32-36)47(64)58-30-35-17-12-11-13-18-35)41-27-40-43(28-44(41)69-5)60(4)50-55(40)22-24-61-23-16-21-54(10-2,49(55)61)51(73-33(3)63)57(50,68)53(67)72-8/h11-21,25,27-28,36,39,45,49-51,59,68H,9-10,22-24,26,29-32H2,1-8H3,(H,58,64)/t36-,39+,45-,49-,50+,51+,54+,55+,56-,57-/m0/s1. The van der Waals surface area contributed by atoms with Crippen LogP contribution in [0.3, 0.4) is 0 Å². The molecule has 3 N–H and O–H groups in total. The predicted molar refractivity (Wildman–Crippen MR) is 272 cm³/mol. The van der Waals surface area contributed by atoms with E-state index in [-0.39, 0.29) is 25.3 Å². The number of esters is 4. The van der Waals surface area contributed by atoms with Crippen LogP contribution in [0.4, 0.5) is 5.69 Å². The first-order valence-corrected chi connectivity index (χ1v) is 25.5. The molecule has 5 aliphatic heterocycles. The monoisotopic (exact) mass is 997 g/mol. The van der Waals surface area contributed by atoms with Crippen molar-refractivity contribution in [1.82, 2.24) is 20.1 Å². The maximum atomic E-state index is 15.9. The van der Waals surface area contributed by atoms with Gasteiger partial charge >= 0.3 is 23.9 Å². The van der Waals surface area contributed by atoms with Gasteiger partial charge in [-0.25, -0.2) is 4.79 Å². The molecule has 1 saturated carbocycles. The number of aromatic amines is 1. The number of fused-ring (bicyclic) bond motifs is 6. The third-order valence-corrected chi connectivity index (χ3v) is 17.6. The lowest BCUT2D eigenvalue weighted by Crippen LogP contribution is -2.81. The van der Waals surface area contributed by atoms with E-state index in [1.165, 1.54) is 28.3 Å². The number of carbonyl (C=O) groups is 5. The first-order chi connectivity index (χ1) is 35.1. The van der Waals surface area contributed by atoms with Crippen LogP contribution in [-0.4, -0.2) is 141 Å². The van der Waals surface area contributed by atoms with E-state index in [9.17, 15) is 24.3 Å². The van der Waals surface area contributed by atoms with E-state index in [4.69, 9.17) is 23.7 Å². The summed E-state index contributed by atoms with van der Waals surface area (Å²) in [7, 11) is 7.34. The number of benzene rings is 3. The van der Waals surface area contributed by atoms with Gasteiger partial charge < -0.3 is 44.0 Å². The number of para-hydroxylation sites is 1. The number of methoxy groups -OCH3 is 4. The number of H-pyrrole nitrogens is 1. The van der Waals surface area contributed by atoms with Gasteiger partial charge in [0.25, 0.3) is 0 Å². The zero-order valence-electron chi connectivity index (χ0n) is 43.0. The highest BCUT2D eigenvalue weighted by Gasteiger charge is 2.80. The van der Waals surface area contributed by atoms with Crippen LogP contribution in [0, 0.1) is 17.3 Å². The molecule has 1 unspecified atom stereocenters. The lowest BCUT2D eigenvalue weighted by molar-refractivity contribution is -0.228. The van der Waals surface area contributed by atoms with Gasteiger partial charge in [-0.3, -0.25) is 29.0 Å². The summed E-state index contributed by atoms with van der Waals surface area (Å²) in [5.74, 6) is -4.09. The number of carbonyl (C=O) groups excluding carboxylic acids is 5. The molecule has 3 aromatic carbocycles. The van der Waals surface area contributed by atoms with Crippen molar-refractivity contribution in [1.29, 1.82) is 0 Å². The maximum Gasteiger partial charge on any atom is 0.344 e. The van der Waals surface area contributed by atoms with Crippen molar-refractivity contribution in [3.05, 3.63) is 118 Å². The van der Waals surface area contributed by atoms with E-state index in [0.29, 0.717) is 79.2 Å². The lowest BCUT2D eigenvalue weighted by atomic mass is 9.47. The minimum Gasteiger partial charge on any atom is -0.496 e. The van der Waals surface area contributed by atoms with E-state index < -0.39 is 81.8 Å². The molecule has 2 fully saturated rings. The van der Waals surface area contributed by atoms with Crippen molar-refractivity contribution in [2.45, 2.75) is 100 Å². The maximum absolute atomic E-state index is 15.9. The van der Waals surface area contributed by atoms with E-state index >= 15 is 4.79 Å². The number of aliphatic hydroxyl groups is 1. The van der Waals surface area contributed by atoms with Crippen LogP contribution in [0.5, 0.6) is 5.75 Å². The summed E-state index contributed by atoms with van der Waals surface area (Å²) >= 11 is 0. The van der Waals surface area contributed by atoms with E-state index in [0.717, 1.165) is 22.1 Å². The van der Waals surface area contributed by atoms with Gasteiger partial charge in [0, 0.05) is 90.9 Å². The molecule has 4 aromatic rings. The van der Waals surface area contributed by atoms with Crippen LogP contribution in [0.1, 0.15) is 74.4 Å². The van der Waals surface area contributed by atoms with E-state index in [1.807, 2.05) is 97.8 Å².